The molecule has 0 bridgehead atoms. The zero-order valence-electron chi connectivity index (χ0n) is 14.3. The van der Waals surface area contributed by atoms with E-state index in [0.717, 1.165) is 6.42 Å². The van der Waals surface area contributed by atoms with Gasteiger partial charge in [-0.15, -0.1) is 0 Å². The molecule has 0 aliphatic carbocycles. The van der Waals surface area contributed by atoms with Gasteiger partial charge in [0.15, 0.2) is 0 Å². The summed E-state index contributed by atoms with van der Waals surface area (Å²) in [5, 5.41) is 11.7. The zero-order valence-corrected chi connectivity index (χ0v) is 14.3. The summed E-state index contributed by atoms with van der Waals surface area (Å²) in [6, 6.07) is -0.537. The lowest BCUT2D eigenvalue weighted by atomic mass is 9.76. The number of nitrogens with two attached hydrogens (primary N) is 1. The number of carbonyl (C=O) groups is 2. The average molecular weight is 300 g/mol. The fourth-order valence-corrected chi connectivity index (χ4v) is 2.18. The van der Waals surface area contributed by atoms with Gasteiger partial charge in [-0.3, -0.25) is 9.59 Å². The smallest absolute Gasteiger partial charge is 0.303 e. The first kappa shape index (κ1) is 19.9. The van der Waals surface area contributed by atoms with Crippen LogP contribution in [0.3, 0.4) is 0 Å². The molecule has 0 saturated heterocycles. The Hall–Kier alpha value is -1.10. The molecule has 0 rings (SSSR count). The molecule has 0 aliphatic heterocycles. The third-order valence-electron chi connectivity index (χ3n) is 3.94. The van der Waals surface area contributed by atoms with E-state index in [-0.39, 0.29) is 29.1 Å². The minimum absolute atomic E-state index is 0.0202. The molecule has 5 nitrogen and oxygen atoms in total. The molecule has 5 heteroatoms. The van der Waals surface area contributed by atoms with E-state index < -0.39 is 12.0 Å². The SMILES string of the molecule is CC(C)(C)C(CCNC(=O)[C@H](N)C(C)(C)C)CCC(=O)O. The molecule has 0 aromatic carbocycles. The first-order valence-corrected chi connectivity index (χ1v) is 7.60. The fraction of sp³-hybridized carbons (Fsp3) is 0.875. The van der Waals surface area contributed by atoms with Gasteiger partial charge in [0.05, 0.1) is 6.04 Å². The minimum atomic E-state index is -0.775. The van der Waals surface area contributed by atoms with Crippen molar-refractivity contribution in [2.75, 3.05) is 6.54 Å². The normalized spacial score (nSPS) is 15.4. The van der Waals surface area contributed by atoms with Crippen molar-refractivity contribution in [2.45, 2.75) is 66.8 Å². The van der Waals surface area contributed by atoms with Gasteiger partial charge in [-0.05, 0) is 29.6 Å². The highest BCUT2D eigenvalue weighted by molar-refractivity contribution is 5.82. The van der Waals surface area contributed by atoms with E-state index in [1.54, 1.807) is 0 Å². The Kier molecular flexibility index (Phi) is 7.37. The molecule has 1 amide bonds. The monoisotopic (exact) mass is 300 g/mol. The van der Waals surface area contributed by atoms with Crippen LogP contribution in [0.5, 0.6) is 0 Å². The van der Waals surface area contributed by atoms with Gasteiger partial charge < -0.3 is 16.2 Å². The molecule has 21 heavy (non-hydrogen) atoms. The Morgan fingerprint density at radius 3 is 1.95 bits per heavy atom. The van der Waals surface area contributed by atoms with E-state index in [4.69, 9.17) is 10.8 Å². The highest BCUT2D eigenvalue weighted by atomic mass is 16.4. The number of nitrogens with one attached hydrogen (secondary N) is 1. The van der Waals surface area contributed by atoms with Crippen molar-refractivity contribution in [3.63, 3.8) is 0 Å². The van der Waals surface area contributed by atoms with Crippen molar-refractivity contribution in [1.82, 2.24) is 5.32 Å². The van der Waals surface area contributed by atoms with E-state index in [2.05, 4.69) is 26.1 Å². The number of hydrogen-bond donors (Lipinski definition) is 3. The zero-order chi connectivity index (χ0) is 16.8. The first-order valence-electron chi connectivity index (χ1n) is 7.60. The van der Waals surface area contributed by atoms with Crippen molar-refractivity contribution >= 4 is 11.9 Å². The van der Waals surface area contributed by atoms with Gasteiger partial charge in [0, 0.05) is 13.0 Å². The number of carbonyl (C=O) groups excluding carboxylic acids is 1. The standard InChI is InChI=1S/C16H32N2O3/c1-15(2,3)11(7-8-12(19)20)9-10-18-14(21)13(17)16(4,5)6/h11,13H,7-10,17H2,1-6H3,(H,18,21)(H,19,20)/t11?,13-/m0/s1. The van der Waals surface area contributed by atoms with Crippen molar-refractivity contribution in [2.24, 2.45) is 22.5 Å². The summed E-state index contributed by atoms with van der Waals surface area (Å²) in [4.78, 5) is 22.7. The Bertz CT molecular complexity index is 354. The highest BCUT2D eigenvalue weighted by Crippen LogP contribution is 2.32. The van der Waals surface area contributed by atoms with Crippen LogP contribution in [0.2, 0.25) is 0 Å². The van der Waals surface area contributed by atoms with Crippen molar-refractivity contribution in [1.29, 1.82) is 0 Å². The largest absolute Gasteiger partial charge is 0.481 e. The molecule has 0 aliphatic rings. The lowest BCUT2D eigenvalue weighted by Crippen LogP contribution is -2.49. The van der Waals surface area contributed by atoms with E-state index in [1.165, 1.54) is 0 Å². The summed E-state index contributed by atoms with van der Waals surface area (Å²) in [6.45, 7) is 12.6. The van der Waals surface area contributed by atoms with Crippen LogP contribution in [-0.4, -0.2) is 29.6 Å². The molecule has 0 aromatic heterocycles. The molecule has 0 aromatic rings. The van der Waals surface area contributed by atoms with Gasteiger partial charge in [-0.1, -0.05) is 41.5 Å². The minimum Gasteiger partial charge on any atom is -0.481 e. The molecule has 4 N–H and O–H groups in total. The number of carboxylic acids is 1. The second-order valence-corrected chi connectivity index (χ2v) is 7.92. The van der Waals surface area contributed by atoms with Crippen LogP contribution in [0.4, 0.5) is 0 Å². The summed E-state index contributed by atoms with van der Waals surface area (Å²) in [5.41, 5.74) is 5.66. The Balaban J connectivity index is 4.38. The fourth-order valence-electron chi connectivity index (χ4n) is 2.18. The van der Waals surface area contributed by atoms with Gasteiger partial charge >= 0.3 is 5.97 Å². The Morgan fingerprint density at radius 1 is 1.05 bits per heavy atom. The summed E-state index contributed by atoms with van der Waals surface area (Å²) in [7, 11) is 0. The molecule has 1 unspecified atom stereocenters. The number of amides is 1. The van der Waals surface area contributed by atoms with Crippen molar-refractivity contribution < 1.29 is 14.7 Å². The topological polar surface area (TPSA) is 92.4 Å². The van der Waals surface area contributed by atoms with Gasteiger partial charge in [0.1, 0.15) is 0 Å². The van der Waals surface area contributed by atoms with Crippen LogP contribution in [0, 0.1) is 16.7 Å². The quantitative estimate of drug-likeness (QED) is 0.673. The van der Waals surface area contributed by atoms with Crippen LogP contribution in [-0.2, 0) is 9.59 Å². The molecule has 0 heterocycles. The predicted molar refractivity (Wildman–Crippen MR) is 84.9 cm³/mol. The van der Waals surface area contributed by atoms with Gasteiger partial charge in [-0.25, -0.2) is 0 Å². The van der Waals surface area contributed by atoms with Crippen LogP contribution >= 0.6 is 0 Å². The van der Waals surface area contributed by atoms with E-state index in [9.17, 15) is 9.59 Å². The van der Waals surface area contributed by atoms with E-state index in [1.807, 2.05) is 20.8 Å². The average Bonchev–Trinajstić information content (AvgIpc) is 2.28. The molecule has 0 fully saturated rings. The molecule has 0 spiro atoms. The molecule has 0 radical (unpaired) electrons. The molecule has 124 valence electrons. The number of aliphatic carboxylic acids is 1. The van der Waals surface area contributed by atoms with Crippen LogP contribution < -0.4 is 11.1 Å². The molecule has 0 saturated carbocycles. The third-order valence-corrected chi connectivity index (χ3v) is 3.94. The van der Waals surface area contributed by atoms with Crippen LogP contribution in [0.25, 0.3) is 0 Å². The summed E-state index contributed by atoms with van der Waals surface area (Å²) >= 11 is 0. The second kappa shape index (κ2) is 7.78. The summed E-state index contributed by atoms with van der Waals surface area (Å²) in [6.07, 6.45) is 1.55. The van der Waals surface area contributed by atoms with Crippen molar-refractivity contribution in [3.05, 3.63) is 0 Å². The maximum absolute atomic E-state index is 12.0. The van der Waals surface area contributed by atoms with Crippen LogP contribution in [0.1, 0.15) is 60.8 Å². The second-order valence-electron chi connectivity index (χ2n) is 7.92. The Labute approximate surface area is 128 Å². The maximum atomic E-state index is 12.0. The van der Waals surface area contributed by atoms with Gasteiger partial charge in [0.2, 0.25) is 5.91 Å². The van der Waals surface area contributed by atoms with E-state index in [0.29, 0.717) is 13.0 Å². The maximum Gasteiger partial charge on any atom is 0.303 e. The summed E-state index contributed by atoms with van der Waals surface area (Å²) in [5.74, 6) is -0.670. The van der Waals surface area contributed by atoms with Gasteiger partial charge in [0.25, 0.3) is 0 Å². The number of carboxylic acid groups (broad SMARTS) is 1. The molecular formula is C16H32N2O3. The summed E-state index contributed by atoms with van der Waals surface area (Å²) < 4.78 is 0. The van der Waals surface area contributed by atoms with E-state index >= 15 is 0 Å². The highest BCUT2D eigenvalue weighted by Gasteiger charge is 2.28. The third kappa shape index (κ3) is 8.05. The lowest BCUT2D eigenvalue weighted by Gasteiger charge is -2.31. The molecular weight excluding hydrogens is 268 g/mol. The number of rotatable bonds is 7. The lowest BCUT2D eigenvalue weighted by molar-refractivity contribution is -0.137. The Morgan fingerprint density at radius 2 is 1.57 bits per heavy atom. The molecule has 2 atom stereocenters. The van der Waals surface area contributed by atoms with Crippen LogP contribution in [0.15, 0.2) is 0 Å². The first-order chi connectivity index (χ1) is 9.35. The number of hydrogen-bond acceptors (Lipinski definition) is 3. The van der Waals surface area contributed by atoms with Gasteiger partial charge in [-0.2, -0.15) is 0 Å². The van der Waals surface area contributed by atoms with Crippen molar-refractivity contribution in [3.8, 4) is 0 Å². The predicted octanol–water partition coefficient (Wildman–Crippen LogP) is 2.39.